The summed E-state index contributed by atoms with van der Waals surface area (Å²) >= 11 is 0. The molecule has 5 rings (SSSR count). The highest BCUT2D eigenvalue weighted by Gasteiger charge is 2.68. The summed E-state index contributed by atoms with van der Waals surface area (Å²) in [6, 6.07) is 6.35. The van der Waals surface area contributed by atoms with Crippen molar-refractivity contribution in [2.24, 2.45) is 5.92 Å². The number of anilines is 1. The molecule has 0 radical (unpaired) electrons. The van der Waals surface area contributed by atoms with Crippen molar-refractivity contribution in [3.8, 4) is 5.75 Å². The number of nitrogens with zero attached hydrogens (tertiary/aromatic N) is 2. The van der Waals surface area contributed by atoms with Gasteiger partial charge in [0.15, 0.2) is 0 Å². The van der Waals surface area contributed by atoms with Gasteiger partial charge in [-0.3, -0.25) is 9.69 Å². The van der Waals surface area contributed by atoms with E-state index in [1.807, 2.05) is 13.1 Å². The molecule has 1 aliphatic carbocycles. The number of benzene rings is 1. The molecule has 6 nitrogen and oxygen atoms in total. The summed E-state index contributed by atoms with van der Waals surface area (Å²) in [7, 11) is 3.71. The molecule has 1 saturated carbocycles. The van der Waals surface area contributed by atoms with E-state index in [1.165, 1.54) is 12.5 Å². The Balaban J connectivity index is 1.70. The highest BCUT2D eigenvalue weighted by molar-refractivity contribution is 5.70. The Labute approximate surface area is 159 Å². The molecule has 1 aromatic rings. The van der Waals surface area contributed by atoms with Crippen molar-refractivity contribution in [2.45, 2.75) is 43.1 Å². The largest absolute Gasteiger partial charge is 0.497 e. The lowest BCUT2D eigenvalue weighted by molar-refractivity contribution is -0.166. The third-order valence-corrected chi connectivity index (χ3v) is 7.17. The third-order valence-electron chi connectivity index (χ3n) is 7.17. The summed E-state index contributed by atoms with van der Waals surface area (Å²) in [5.41, 5.74) is 2.22. The molecule has 5 unspecified atom stereocenters. The van der Waals surface area contributed by atoms with Crippen LogP contribution in [0.25, 0.3) is 0 Å². The molecule has 1 spiro atoms. The first-order chi connectivity index (χ1) is 13.0. The SMILES string of the molecule is COc1ccc2c(c1)N(C)C1C(O)C(OC(C)=O)C3C=CCN4CCC21[C@H]34. The Bertz CT molecular complexity index is 824. The zero-order valence-corrected chi connectivity index (χ0v) is 16.0. The average molecular weight is 370 g/mol. The minimum Gasteiger partial charge on any atom is -0.497 e. The van der Waals surface area contributed by atoms with Crippen molar-refractivity contribution < 1.29 is 19.4 Å². The number of carbonyl (C=O) groups is 1. The van der Waals surface area contributed by atoms with E-state index >= 15 is 0 Å². The fourth-order valence-corrected chi connectivity index (χ4v) is 6.36. The lowest BCUT2D eigenvalue weighted by Gasteiger charge is -2.54. The predicted octanol–water partition coefficient (Wildman–Crippen LogP) is 1.32. The third kappa shape index (κ3) is 2.05. The van der Waals surface area contributed by atoms with Crippen LogP contribution in [0.5, 0.6) is 5.75 Å². The monoisotopic (exact) mass is 370 g/mol. The van der Waals surface area contributed by atoms with Gasteiger partial charge in [0.1, 0.15) is 18.0 Å². The second-order valence-electron chi connectivity index (χ2n) is 8.24. The van der Waals surface area contributed by atoms with Gasteiger partial charge in [-0.05, 0) is 24.6 Å². The van der Waals surface area contributed by atoms with Gasteiger partial charge >= 0.3 is 5.97 Å². The number of carbonyl (C=O) groups excluding carboxylic acids is 1. The molecule has 0 bridgehead atoms. The molecule has 144 valence electrons. The van der Waals surface area contributed by atoms with Gasteiger partial charge in [0.2, 0.25) is 0 Å². The topological polar surface area (TPSA) is 62.2 Å². The Kier molecular flexibility index (Phi) is 3.62. The zero-order valence-electron chi connectivity index (χ0n) is 16.0. The van der Waals surface area contributed by atoms with Crippen LogP contribution in [-0.2, 0) is 14.9 Å². The van der Waals surface area contributed by atoms with E-state index in [4.69, 9.17) is 9.47 Å². The van der Waals surface area contributed by atoms with Crippen LogP contribution in [0.15, 0.2) is 30.4 Å². The number of methoxy groups -OCH3 is 1. The maximum absolute atomic E-state index is 11.8. The first-order valence-electron chi connectivity index (χ1n) is 9.66. The van der Waals surface area contributed by atoms with E-state index in [0.717, 1.165) is 30.9 Å². The molecular weight excluding hydrogens is 344 g/mol. The minimum absolute atomic E-state index is 0.00199. The first-order valence-corrected chi connectivity index (χ1v) is 9.66. The van der Waals surface area contributed by atoms with Crippen molar-refractivity contribution >= 4 is 11.7 Å². The lowest BCUT2D eigenvalue weighted by Crippen LogP contribution is -2.69. The second-order valence-corrected chi connectivity index (χ2v) is 8.24. The molecule has 6 atom stereocenters. The Morgan fingerprint density at radius 3 is 2.89 bits per heavy atom. The summed E-state index contributed by atoms with van der Waals surface area (Å²) < 4.78 is 11.1. The van der Waals surface area contributed by atoms with Gasteiger partial charge in [0.05, 0.1) is 13.2 Å². The number of rotatable bonds is 2. The van der Waals surface area contributed by atoms with Crippen LogP contribution < -0.4 is 9.64 Å². The number of fused-ring (bicyclic) bond motifs is 1. The molecule has 1 N–H and O–H groups in total. The number of ether oxygens (including phenoxy) is 2. The van der Waals surface area contributed by atoms with E-state index in [-0.39, 0.29) is 29.4 Å². The van der Waals surface area contributed by atoms with Gasteiger partial charge in [-0.2, -0.15) is 0 Å². The summed E-state index contributed by atoms with van der Waals surface area (Å²) in [5, 5.41) is 11.4. The van der Waals surface area contributed by atoms with Crippen LogP contribution in [0, 0.1) is 5.92 Å². The zero-order chi connectivity index (χ0) is 18.9. The van der Waals surface area contributed by atoms with Gasteiger partial charge < -0.3 is 19.5 Å². The minimum atomic E-state index is -0.749. The normalized spacial score (nSPS) is 39.0. The predicted molar refractivity (Wildman–Crippen MR) is 101 cm³/mol. The fourth-order valence-electron chi connectivity index (χ4n) is 6.36. The lowest BCUT2D eigenvalue weighted by atomic mass is 9.58. The summed E-state index contributed by atoms with van der Waals surface area (Å²) in [6.07, 6.45) is 4.02. The van der Waals surface area contributed by atoms with Gasteiger partial charge in [-0.25, -0.2) is 0 Å². The molecule has 0 aromatic heterocycles. The van der Waals surface area contributed by atoms with Crippen LogP contribution in [-0.4, -0.2) is 67.5 Å². The summed E-state index contributed by atoms with van der Waals surface area (Å²) in [4.78, 5) is 16.5. The standard InChI is InChI=1S/C21H26N2O4/c1-12(24)27-18-14-5-4-9-23-10-8-21(19(14)23)15-7-6-13(26-3)11-16(15)22(2)20(21)17(18)25/h4-7,11,14,17-20,25H,8-10H2,1-3H3/t14?,17?,18?,19-,20?,21?/m0/s1. The Morgan fingerprint density at radius 2 is 2.15 bits per heavy atom. The van der Waals surface area contributed by atoms with Crippen molar-refractivity contribution in [2.75, 3.05) is 32.1 Å². The maximum Gasteiger partial charge on any atom is 0.303 e. The van der Waals surface area contributed by atoms with E-state index in [9.17, 15) is 9.90 Å². The van der Waals surface area contributed by atoms with Crippen LogP contribution >= 0.6 is 0 Å². The average Bonchev–Trinajstić information content (AvgIpc) is 3.16. The van der Waals surface area contributed by atoms with Crippen LogP contribution in [0.2, 0.25) is 0 Å². The van der Waals surface area contributed by atoms with Gasteiger partial charge in [0, 0.05) is 49.6 Å². The van der Waals surface area contributed by atoms with Crippen molar-refractivity contribution in [1.82, 2.24) is 4.90 Å². The number of likely N-dealkylation sites (N-methyl/N-ethyl adjacent to an activating group) is 1. The first kappa shape index (κ1) is 17.1. The molecule has 1 saturated heterocycles. The van der Waals surface area contributed by atoms with Crippen LogP contribution in [0.1, 0.15) is 18.9 Å². The van der Waals surface area contributed by atoms with E-state index in [2.05, 4.69) is 34.1 Å². The second kappa shape index (κ2) is 5.72. The maximum atomic E-state index is 11.8. The van der Waals surface area contributed by atoms with Gasteiger partial charge in [-0.15, -0.1) is 0 Å². The molecule has 6 heteroatoms. The van der Waals surface area contributed by atoms with Crippen LogP contribution in [0.4, 0.5) is 5.69 Å². The quantitative estimate of drug-likeness (QED) is 0.626. The summed E-state index contributed by atoms with van der Waals surface area (Å²) in [5.74, 6) is 0.476. The smallest absolute Gasteiger partial charge is 0.303 e. The van der Waals surface area contributed by atoms with Crippen molar-refractivity contribution in [1.29, 1.82) is 0 Å². The highest BCUT2D eigenvalue weighted by Crippen LogP contribution is 2.60. The molecule has 0 amide bonds. The summed E-state index contributed by atoms with van der Waals surface area (Å²) in [6.45, 7) is 3.32. The van der Waals surface area contributed by atoms with Crippen molar-refractivity contribution in [3.63, 3.8) is 0 Å². The number of aliphatic hydroxyl groups is 1. The number of hydrogen-bond donors (Lipinski definition) is 1. The molecule has 2 fully saturated rings. The number of esters is 1. The van der Waals surface area contributed by atoms with Crippen molar-refractivity contribution in [3.05, 3.63) is 35.9 Å². The Morgan fingerprint density at radius 1 is 1.33 bits per heavy atom. The van der Waals surface area contributed by atoms with E-state index in [0.29, 0.717) is 0 Å². The molecule has 1 aromatic carbocycles. The Hall–Kier alpha value is -2.05. The molecular formula is C21H26N2O4. The van der Waals surface area contributed by atoms with Gasteiger partial charge in [-0.1, -0.05) is 18.2 Å². The molecule has 3 heterocycles. The molecule has 27 heavy (non-hydrogen) atoms. The van der Waals surface area contributed by atoms with E-state index in [1.54, 1.807) is 7.11 Å². The fraction of sp³-hybridized carbons (Fsp3) is 0.571. The van der Waals surface area contributed by atoms with E-state index < -0.39 is 12.2 Å². The number of hydrogen-bond acceptors (Lipinski definition) is 6. The van der Waals surface area contributed by atoms with Gasteiger partial charge in [0.25, 0.3) is 0 Å². The number of aliphatic hydroxyl groups excluding tert-OH is 1. The van der Waals surface area contributed by atoms with Crippen LogP contribution in [0.3, 0.4) is 0 Å². The molecule has 4 aliphatic rings. The molecule has 3 aliphatic heterocycles. The highest BCUT2D eigenvalue weighted by atomic mass is 16.6.